The summed E-state index contributed by atoms with van der Waals surface area (Å²) in [6, 6.07) is 4.87. The van der Waals surface area contributed by atoms with Crippen LogP contribution in [0.3, 0.4) is 0 Å². The van der Waals surface area contributed by atoms with E-state index in [9.17, 15) is 8.42 Å². The molecule has 1 heterocycles. The summed E-state index contributed by atoms with van der Waals surface area (Å²) < 4.78 is 27.0. The van der Waals surface area contributed by atoms with Crippen LogP contribution in [0.15, 0.2) is 27.6 Å². The molecule has 1 fully saturated rings. The van der Waals surface area contributed by atoms with Crippen LogP contribution < -0.4 is 5.73 Å². The minimum Gasteiger partial charge on any atom is -0.398 e. The maximum absolute atomic E-state index is 12.3. The summed E-state index contributed by atoms with van der Waals surface area (Å²) in [4.78, 5) is 0.204. The van der Waals surface area contributed by atoms with Gasteiger partial charge in [-0.3, -0.25) is 0 Å². The molecule has 1 aliphatic rings. The van der Waals surface area contributed by atoms with Crippen LogP contribution in [0.25, 0.3) is 0 Å². The van der Waals surface area contributed by atoms with E-state index in [2.05, 4.69) is 22.9 Å². The van der Waals surface area contributed by atoms with E-state index in [0.717, 1.165) is 10.9 Å². The second-order valence-corrected chi connectivity index (χ2v) is 7.26. The molecule has 6 heteroatoms. The molecule has 4 nitrogen and oxygen atoms in total. The van der Waals surface area contributed by atoms with E-state index in [1.807, 2.05) is 0 Å². The number of hydrogen-bond acceptors (Lipinski definition) is 3. The fourth-order valence-corrected chi connectivity index (χ4v) is 4.06. The highest BCUT2D eigenvalue weighted by Crippen LogP contribution is 2.29. The Bertz CT molecular complexity index is 530. The zero-order chi connectivity index (χ0) is 12.6. The molecule has 1 saturated heterocycles. The monoisotopic (exact) mass is 318 g/mol. The van der Waals surface area contributed by atoms with Gasteiger partial charge in [-0.15, -0.1) is 0 Å². The third kappa shape index (κ3) is 2.48. The Hall–Kier alpha value is -0.590. The van der Waals surface area contributed by atoms with Gasteiger partial charge in [-0.1, -0.05) is 22.9 Å². The highest BCUT2D eigenvalue weighted by molar-refractivity contribution is 9.10. The number of halogens is 1. The first-order valence-corrected chi connectivity index (χ1v) is 7.70. The van der Waals surface area contributed by atoms with E-state index < -0.39 is 10.0 Å². The number of nitrogen functional groups attached to an aromatic ring is 1. The van der Waals surface area contributed by atoms with E-state index in [1.165, 1.54) is 4.31 Å². The summed E-state index contributed by atoms with van der Waals surface area (Å²) in [6.45, 7) is 3.22. The normalized spacial score (nSPS) is 21.9. The van der Waals surface area contributed by atoms with Crippen molar-refractivity contribution < 1.29 is 8.42 Å². The fraction of sp³-hybridized carbons (Fsp3) is 0.455. The lowest BCUT2D eigenvalue weighted by molar-refractivity contribution is 0.465. The Balaban J connectivity index is 2.38. The van der Waals surface area contributed by atoms with Crippen molar-refractivity contribution in [2.45, 2.75) is 18.2 Å². The molecule has 1 aromatic carbocycles. The summed E-state index contributed by atoms with van der Waals surface area (Å²) in [5, 5.41) is 0. The molecule has 1 aromatic rings. The standard InChI is InChI=1S/C11H15BrN2O2S/c1-8-4-5-14(7-8)17(15,16)11-3-2-9(12)6-10(11)13/h2-3,6,8H,4-5,7,13H2,1H3. The number of rotatable bonds is 2. The van der Waals surface area contributed by atoms with Crippen LogP contribution in [0.5, 0.6) is 0 Å². The van der Waals surface area contributed by atoms with Gasteiger partial charge in [0.1, 0.15) is 4.90 Å². The Morgan fingerprint density at radius 3 is 2.71 bits per heavy atom. The van der Waals surface area contributed by atoms with Crippen molar-refractivity contribution in [1.82, 2.24) is 4.31 Å². The van der Waals surface area contributed by atoms with Crippen molar-refractivity contribution in [3.63, 3.8) is 0 Å². The molecule has 0 saturated carbocycles. The molecule has 2 N–H and O–H groups in total. The predicted octanol–water partition coefficient (Wildman–Crippen LogP) is 2.06. The Morgan fingerprint density at radius 1 is 1.47 bits per heavy atom. The number of anilines is 1. The zero-order valence-corrected chi connectivity index (χ0v) is 12.0. The largest absolute Gasteiger partial charge is 0.398 e. The molecule has 0 bridgehead atoms. The van der Waals surface area contributed by atoms with Gasteiger partial charge in [0, 0.05) is 17.6 Å². The second-order valence-electron chi connectivity index (χ2n) is 4.44. The van der Waals surface area contributed by atoms with Gasteiger partial charge in [-0.2, -0.15) is 4.31 Å². The molecule has 2 rings (SSSR count). The van der Waals surface area contributed by atoms with Gasteiger partial charge in [0.25, 0.3) is 0 Å². The van der Waals surface area contributed by atoms with Gasteiger partial charge in [-0.05, 0) is 30.5 Å². The molecule has 1 atom stereocenters. The SMILES string of the molecule is CC1CCN(S(=O)(=O)c2ccc(Br)cc2N)C1. The lowest BCUT2D eigenvalue weighted by Gasteiger charge is -2.17. The van der Waals surface area contributed by atoms with Crippen molar-refractivity contribution >= 4 is 31.6 Å². The maximum atomic E-state index is 12.3. The minimum absolute atomic E-state index is 0.204. The average molecular weight is 319 g/mol. The van der Waals surface area contributed by atoms with Crippen LogP contribution in [0.1, 0.15) is 13.3 Å². The molecule has 0 spiro atoms. The first kappa shape index (κ1) is 12.9. The summed E-state index contributed by atoms with van der Waals surface area (Å²) in [6.07, 6.45) is 0.912. The average Bonchev–Trinajstić information content (AvgIpc) is 2.64. The molecule has 1 unspecified atom stereocenters. The van der Waals surface area contributed by atoms with E-state index in [4.69, 9.17) is 5.73 Å². The number of hydrogen-bond donors (Lipinski definition) is 1. The Labute approximate surface area is 110 Å². The summed E-state index contributed by atoms with van der Waals surface area (Å²) in [5.41, 5.74) is 6.06. The molecule has 17 heavy (non-hydrogen) atoms. The van der Waals surface area contributed by atoms with Gasteiger partial charge in [0.15, 0.2) is 0 Å². The van der Waals surface area contributed by atoms with Crippen LogP contribution in [-0.2, 0) is 10.0 Å². The molecule has 1 aliphatic heterocycles. The first-order chi connectivity index (χ1) is 7.91. The van der Waals surface area contributed by atoms with Crippen LogP contribution in [-0.4, -0.2) is 25.8 Å². The lowest BCUT2D eigenvalue weighted by Crippen LogP contribution is -2.29. The molecule has 0 aliphatic carbocycles. The van der Waals surface area contributed by atoms with Gasteiger partial charge in [0.05, 0.1) is 5.69 Å². The van der Waals surface area contributed by atoms with E-state index in [0.29, 0.717) is 24.7 Å². The van der Waals surface area contributed by atoms with Gasteiger partial charge >= 0.3 is 0 Å². The van der Waals surface area contributed by atoms with Crippen molar-refractivity contribution in [1.29, 1.82) is 0 Å². The van der Waals surface area contributed by atoms with Crippen molar-refractivity contribution in [3.05, 3.63) is 22.7 Å². The maximum Gasteiger partial charge on any atom is 0.245 e. The molecular weight excluding hydrogens is 304 g/mol. The Morgan fingerprint density at radius 2 is 2.18 bits per heavy atom. The quantitative estimate of drug-likeness (QED) is 0.849. The smallest absolute Gasteiger partial charge is 0.245 e. The second kappa shape index (κ2) is 4.59. The zero-order valence-electron chi connectivity index (χ0n) is 9.56. The lowest BCUT2D eigenvalue weighted by atomic mass is 10.2. The summed E-state index contributed by atoms with van der Waals surface area (Å²) >= 11 is 3.27. The molecular formula is C11H15BrN2O2S. The number of nitrogens with zero attached hydrogens (tertiary/aromatic N) is 1. The Kier molecular flexibility index (Phi) is 3.47. The van der Waals surface area contributed by atoms with Gasteiger partial charge < -0.3 is 5.73 Å². The molecule has 0 amide bonds. The number of nitrogens with two attached hydrogens (primary N) is 1. The van der Waals surface area contributed by atoms with Gasteiger partial charge in [-0.25, -0.2) is 8.42 Å². The number of benzene rings is 1. The van der Waals surface area contributed by atoms with Gasteiger partial charge in [0.2, 0.25) is 10.0 Å². The van der Waals surface area contributed by atoms with E-state index in [-0.39, 0.29) is 4.90 Å². The predicted molar refractivity (Wildman–Crippen MR) is 71.1 cm³/mol. The van der Waals surface area contributed by atoms with E-state index in [1.54, 1.807) is 18.2 Å². The number of sulfonamides is 1. The molecule has 0 aromatic heterocycles. The van der Waals surface area contributed by atoms with Crippen molar-refractivity contribution in [2.24, 2.45) is 5.92 Å². The van der Waals surface area contributed by atoms with Crippen LogP contribution in [0, 0.1) is 5.92 Å². The van der Waals surface area contributed by atoms with Crippen molar-refractivity contribution in [3.8, 4) is 0 Å². The van der Waals surface area contributed by atoms with Crippen LogP contribution in [0.2, 0.25) is 0 Å². The molecule has 0 radical (unpaired) electrons. The summed E-state index contributed by atoms with van der Waals surface area (Å²) in [5.74, 6) is 0.418. The third-order valence-electron chi connectivity index (χ3n) is 2.98. The molecule has 94 valence electrons. The highest BCUT2D eigenvalue weighted by atomic mass is 79.9. The topological polar surface area (TPSA) is 63.4 Å². The van der Waals surface area contributed by atoms with Crippen LogP contribution >= 0.6 is 15.9 Å². The van der Waals surface area contributed by atoms with Crippen LogP contribution in [0.4, 0.5) is 5.69 Å². The van der Waals surface area contributed by atoms with Crippen molar-refractivity contribution in [2.75, 3.05) is 18.8 Å². The van der Waals surface area contributed by atoms with E-state index >= 15 is 0 Å². The summed E-state index contributed by atoms with van der Waals surface area (Å²) in [7, 11) is -3.43. The first-order valence-electron chi connectivity index (χ1n) is 5.46. The highest BCUT2D eigenvalue weighted by Gasteiger charge is 2.31. The third-order valence-corrected chi connectivity index (χ3v) is 5.41. The fourth-order valence-electron chi connectivity index (χ4n) is 2.01. The minimum atomic E-state index is -3.43.